The Morgan fingerprint density at radius 2 is 2.21 bits per heavy atom. The monoisotopic (exact) mass is 467 g/mol. The fraction of sp³-hybridized carbons (Fsp3) is 0.286. The van der Waals surface area contributed by atoms with Gasteiger partial charge in [0.05, 0.1) is 13.9 Å². The summed E-state index contributed by atoms with van der Waals surface area (Å²) in [5.41, 5.74) is 2.60. The van der Waals surface area contributed by atoms with Crippen molar-refractivity contribution in [1.29, 1.82) is 0 Å². The quantitative estimate of drug-likeness (QED) is 0.513. The van der Waals surface area contributed by atoms with Gasteiger partial charge in [0.1, 0.15) is 0 Å². The van der Waals surface area contributed by atoms with Crippen molar-refractivity contribution in [2.24, 2.45) is 0 Å². The van der Waals surface area contributed by atoms with Crippen molar-refractivity contribution in [2.75, 3.05) is 5.32 Å². The number of aryl methyl sites for hydroxylation is 1. The van der Waals surface area contributed by atoms with Gasteiger partial charge in [-0.25, -0.2) is 0 Å². The first-order valence-electron chi connectivity index (χ1n) is 6.13. The predicted molar refractivity (Wildman–Crippen MR) is 95.5 cm³/mol. The van der Waals surface area contributed by atoms with Crippen LogP contribution in [-0.4, -0.2) is 0 Å². The topological polar surface area (TPSA) is 12.0 Å². The van der Waals surface area contributed by atoms with Gasteiger partial charge in [-0.2, -0.15) is 0 Å². The fourth-order valence-corrected chi connectivity index (χ4v) is 5.07. The zero-order valence-corrected chi connectivity index (χ0v) is 15.4. The van der Waals surface area contributed by atoms with Crippen molar-refractivity contribution in [3.63, 3.8) is 0 Å². The lowest BCUT2D eigenvalue weighted by atomic mass is 9.94. The van der Waals surface area contributed by atoms with E-state index in [0.29, 0.717) is 6.04 Å². The maximum Gasteiger partial charge on any atom is 0.0660 e. The first kappa shape index (κ1) is 14.2. The Morgan fingerprint density at radius 3 is 3.00 bits per heavy atom. The molecule has 1 unspecified atom stereocenters. The Morgan fingerprint density at radius 1 is 1.37 bits per heavy atom. The number of hydrogen-bond donors (Lipinski definition) is 1. The number of nitrogens with one attached hydrogen (secondary N) is 1. The molecule has 3 rings (SSSR count). The molecule has 1 nitrogen and oxygen atoms in total. The minimum Gasteiger partial charge on any atom is -0.378 e. The van der Waals surface area contributed by atoms with Gasteiger partial charge >= 0.3 is 0 Å². The second-order valence-corrected chi connectivity index (χ2v) is 8.94. The largest absolute Gasteiger partial charge is 0.378 e. The zero-order valence-electron chi connectivity index (χ0n) is 10.1. The summed E-state index contributed by atoms with van der Waals surface area (Å²) in [7, 11) is 0. The first-order valence-corrected chi connectivity index (χ1v) is 9.20. The van der Waals surface area contributed by atoms with E-state index < -0.39 is 0 Å². The first-order chi connectivity index (χ1) is 9.13. The summed E-state index contributed by atoms with van der Waals surface area (Å²) in [4.78, 5) is 1.54. The molecule has 0 aliphatic heterocycles. The van der Waals surface area contributed by atoms with Crippen LogP contribution in [0.25, 0.3) is 0 Å². The number of hydrogen-bond acceptors (Lipinski definition) is 2. The van der Waals surface area contributed by atoms with Gasteiger partial charge in [0.2, 0.25) is 0 Å². The lowest BCUT2D eigenvalue weighted by Crippen LogP contribution is -2.15. The van der Waals surface area contributed by atoms with Gasteiger partial charge in [-0.05, 0) is 87.6 Å². The Bertz CT molecular complexity index is 613. The van der Waals surface area contributed by atoms with Crippen LogP contribution < -0.4 is 5.32 Å². The normalized spacial score (nSPS) is 18.2. The van der Waals surface area contributed by atoms with E-state index in [4.69, 9.17) is 11.6 Å². The molecule has 0 saturated carbocycles. The van der Waals surface area contributed by atoms with Crippen molar-refractivity contribution in [3.8, 4) is 0 Å². The van der Waals surface area contributed by atoms with Crippen molar-refractivity contribution in [3.05, 3.63) is 47.1 Å². The SMILES string of the molecule is Clc1ccc(NC2CCCc3sc(I)cc32)cc1Br. The second kappa shape index (κ2) is 5.92. The molecule has 0 radical (unpaired) electrons. The van der Waals surface area contributed by atoms with Crippen molar-refractivity contribution < 1.29 is 0 Å². The molecule has 2 aromatic rings. The molecule has 1 heterocycles. The van der Waals surface area contributed by atoms with E-state index in [-0.39, 0.29) is 0 Å². The number of halogens is 3. The highest BCUT2D eigenvalue weighted by Crippen LogP contribution is 2.38. The Kier molecular flexibility index (Phi) is 4.41. The molecule has 1 atom stereocenters. The number of anilines is 1. The van der Waals surface area contributed by atoms with Crippen molar-refractivity contribution in [2.45, 2.75) is 25.3 Å². The van der Waals surface area contributed by atoms with Gasteiger partial charge in [0.15, 0.2) is 0 Å². The molecule has 19 heavy (non-hydrogen) atoms. The maximum absolute atomic E-state index is 6.03. The lowest BCUT2D eigenvalue weighted by molar-refractivity contribution is 0.609. The van der Waals surface area contributed by atoms with Gasteiger partial charge in [-0.3, -0.25) is 0 Å². The smallest absolute Gasteiger partial charge is 0.0660 e. The van der Waals surface area contributed by atoms with Crippen LogP contribution in [0.5, 0.6) is 0 Å². The average molecular weight is 469 g/mol. The highest BCUT2D eigenvalue weighted by molar-refractivity contribution is 14.1. The molecule has 5 heteroatoms. The average Bonchev–Trinajstić information content (AvgIpc) is 2.75. The molecule has 0 bridgehead atoms. The minimum absolute atomic E-state index is 0.427. The standard InChI is InChI=1S/C14H12BrClINS/c15-10-6-8(4-5-11(10)16)18-12-2-1-3-13-9(12)7-14(17)19-13/h4-7,12,18H,1-3H2. The minimum atomic E-state index is 0.427. The molecule has 100 valence electrons. The summed E-state index contributed by atoms with van der Waals surface area (Å²) < 4.78 is 2.32. The summed E-state index contributed by atoms with van der Waals surface area (Å²) in [6.45, 7) is 0. The Hall–Kier alpha value is 0.220. The lowest BCUT2D eigenvalue weighted by Gasteiger charge is -2.24. The van der Waals surface area contributed by atoms with Crippen LogP contribution in [0, 0.1) is 2.88 Å². The van der Waals surface area contributed by atoms with E-state index in [9.17, 15) is 0 Å². The molecule has 0 amide bonds. The van der Waals surface area contributed by atoms with Crippen LogP contribution in [0.3, 0.4) is 0 Å². The van der Waals surface area contributed by atoms with Crippen molar-refractivity contribution >= 4 is 67.1 Å². The Labute approximate surface area is 144 Å². The highest BCUT2D eigenvalue weighted by atomic mass is 127. The number of fused-ring (bicyclic) bond motifs is 1. The number of rotatable bonds is 2. The van der Waals surface area contributed by atoms with Gasteiger partial charge in [-0.15, -0.1) is 11.3 Å². The van der Waals surface area contributed by atoms with Gasteiger partial charge in [-0.1, -0.05) is 11.6 Å². The van der Waals surface area contributed by atoms with Crippen LogP contribution in [0.1, 0.15) is 29.3 Å². The third-order valence-corrected chi connectivity index (χ3v) is 6.53. The Balaban J connectivity index is 1.86. The molecule has 1 N–H and O–H groups in total. The molecule has 0 saturated heterocycles. The van der Waals surface area contributed by atoms with E-state index in [1.54, 1.807) is 4.88 Å². The van der Waals surface area contributed by atoms with Crippen LogP contribution >= 0.6 is 61.5 Å². The molecule has 1 aliphatic rings. The van der Waals surface area contributed by atoms with E-state index in [1.807, 2.05) is 29.5 Å². The summed E-state index contributed by atoms with van der Waals surface area (Å²) >= 11 is 13.9. The van der Waals surface area contributed by atoms with E-state index in [1.165, 1.54) is 27.7 Å². The van der Waals surface area contributed by atoms with Crippen LogP contribution in [0.15, 0.2) is 28.7 Å². The summed E-state index contributed by atoms with van der Waals surface area (Å²) in [6, 6.07) is 8.76. The molecule has 0 spiro atoms. The van der Waals surface area contributed by atoms with Crippen LogP contribution in [0.2, 0.25) is 5.02 Å². The molecule has 1 aliphatic carbocycles. The predicted octanol–water partition coefficient (Wildman–Crippen LogP) is 6.26. The second-order valence-electron chi connectivity index (χ2n) is 4.65. The molecular formula is C14H12BrClINS. The molecular weight excluding hydrogens is 456 g/mol. The van der Waals surface area contributed by atoms with Crippen LogP contribution in [-0.2, 0) is 6.42 Å². The third-order valence-electron chi connectivity index (χ3n) is 3.34. The molecule has 0 fully saturated rings. The fourth-order valence-electron chi connectivity index (χ4n) is 2.46. The van der Waals surface area contributed by atoms with Crippen LogP contribution in [0.4, 0.5) is 5.69 Å². The number of benzene rings is 1. The maximum atomic E-state index is 6.03. The summed E-state index contributed by atoms with van der Waals surface area (Å²) in [5, 5.41) is 4.38. The summed E-state index contributed by atoms with van der Waals surface area (Å²) in [6.07, 6.45) is 3.68. The van der Waals surface area contributed by atoms with Gasteiger partial charge in [0, 0.05) is 15.0 Å². The highest BCUT2D eigenvalue weighted by Gasteiger charge is 2.22. The third kappa shape index (κ3) is 3.12. The van der Waals surface area contributed by atoms with E-state index in [2.05, 4.69) is 49.9 Å². The molecule has 1 aromatic carbocycles. The van der Waals surface area contributed by atoms with Gasteiger partial charge in [0.25, 0.3) is 0 Å². The number of thiophene rings is 1. The van der Waals surface area contributed by atoms with Crippen molar-refractivity contribution in [1.82, 2.24) is 0 Å². The summed E-state index contributed by atoms with van der Waals surface area (Å²) in [5.74, 6) is 0. The van der Waals surface area contributed by atoms with E-state index in [0.717, 1.165) is 15.2 Å². The van der Waals surface area contributed by atoms with Gasteiger partial charge < -0.3 is 5.32 Å². The zero-order chi connectivity index (χ0) is 13.4. The van der Waals surface area contributed by atoms with E-state index >= 15 is 0 Å². The molecule has 1 aromatic heterocycles.